The van der Waals surface area contributed by atoms with Gasteiger partial charge < -0.3 is 5.32 Å². The van der Waals surface area contributed by atoms with Gasteiger partial charge in [0, 0.05) is 12.2 Å². The molecule has 1 unspecified atom stereocenters. The molecule has 3 rings (SSSR count). The lowest BCUT2D eigenvalue weighted by molar-refractivity contribution is 0.289. The smallest absolute Gasteiger partial charge is 0.0375 e. The van der Waals surface area contributed by atoms with Crippen molar-refractivity contribution in [1.29, 1.82) is 0 Å². The number of hydrogen-bond donors (Lipinski definition) is 1. The molecule has 0 spiro atoms. The van der Waals surface area contributed by atoms with E-state index < -0.39 is 0 Å². The lowest BCUT2D eigenvalue weighted by Crippen LogP contribution is -2.26. The van der Waals surface area contributed by atoms with Gasteiger partial charge in [0.2, 0.25) is 0 Å². The van der Waals surface area contributed by atoms with Crippen LogP contribution in [-0.2, 0) is 6.42 Å². The van der Waals surface area contributed by atoms with Gasteiger partial charge in [-0.05, 0) is 61.3 Å². The van der Waals surface area contributed by atoms with E-state index in [9.17, 15) is 0 Å². The normalized spacial score (nSPS) is 23.8. The third kappa shape index (κ3) is 2.96. The summed E-state index contributed by atoms with van der Waals surface area (Å²) in [5, 5.41) is 3.67. The van der Waals surface area contributed by atoms with Gasteiger partial charge >= 0.3 is 0 Å². The highest BCUT2D eigenvalue weighted by Crippen LogP contribution is 2.34. The third-order valence-corrected chi connectivity index (χ3v) is 5.20. The van der Waals surface area contributed by atoms with Gasteiger partial charge in [0.05, 0.1) is 0 Å². The van der Waals surface area contributed by atoms with E-state index in [2.05, 4.69) is 31.3 Å². The molecule has 1 aromatic carbocycles. The van der Waals surface area contributed by atoms with Crippen LogP contribution < -0.4 is 5.32 Å². The van der Waals surface area contributed by atoms with Gasteiger partial charge in [-0.2, -0.15) is 0 Å². The first-order chi connectivity index (χ1) is 9.22. The molecule has 1 aliphatic carbocycles. The maximum absolute atomic E-state index is 3.67. The summed E-state index contributed by atoms with van der Waals surface area (Å²) in [7, 11) is 0. The number of anilines is 1. The van der Waals surface area contributed by atoms with Crippen molar-refractivity contribution in [3.63, 3.8) is 0 Å². The first-order valence-electron chi connectivity index (χ1n) is 8.06. The van der Waals surface area contributed by atoms with Crippen LogP contribution in [0.5, 0.6) is 0 Å². The molecule has 0 radical (unpaired) electrons. The number of hydrogen-bond acceptors (Lipinski definition) is 1. The fourth-order valence-electron chi connectivity index (χ4n) is 3.91. The van der Waals surface area contributed by atoms with Crippen LogP contribution in [0.1, 0.15) is 55.2 Å². The van der Waals surface area contributed by atoms with Gasteiger partial charge in [-0.3, -0.25) is 0 Å². The Balaban J connectivity index is 1.66. The summed E-state index contributed by atoms with van der Waals surface area (Å²) in [5.41, 5.74) is 5.80. The molecule has 1 nitrogen and oxygen atoms in total. The zero-order valence-electron chi connectivity index (χ0n) is 12.5. The van der Waals surface area contributed by atoms with Gasteiger partial charge in [0.15, 0.2) is 0 Å². The maximum Gasteiger partial charge on any atom is 0.0375 e. The molecule has 1 aromatic rings. The van der Waals surface area contributed by atoms with Crippen molar-refractivity contribution in [1.82, 2.24) is 0 Å². The van der Waals surface area contributed by atoms with Crippen molar-refractivity contribution in [2.75, 3.05) is 11.9 Å². The number of benzene rings is 1. The minimum Gasteiger partial charge on any atom is -0.385 e. The van der Waals surface area contributed by atoms with Gasteiger partial charge in [0.25, 0.3) is 0 Å². The second kappa shape index (κ2) is 5.56. The summed E-state index contributed by atoms with van der Waals surface area (Å²) in [4.78, 5) is 0. The molecule has 1 heterocycles. The lowest BCUT2D eigenvalue weighted by Gasteiger charge is -2.31. The van der Waals surface area contributed by atoms with E-state index in [0.717, 1.165) is 11.8 Å². The van der Waals surface area contributed by atoms with Crippen molar-refractivity contribution in [2.24, 2.45) is 11.8 Å². The Labute approximate surface area is 117 Å². The summed E-state index contributed by atoms with van der Waals surface area (Å²) in [6.07, 6.45) is 10.1. The molecule has 0 aromatic heterocycles. The van der Waals surface area contributed by atoms with Gasteiger partial charge in [0.1, 0.15) is 0 Å². The van der Waals surface area contributed by atoms with Crippen molar-refractivity contribution in [2.45, 2.75) is 58.8 Å². The Morgan fingerprint density at radius 3 is 2.53 bits per heavy atom. The number of aryl methyl sites for hydroxylation is 2. The van der Waals surface area contributed by atoms with Gasteiger partial charge in [-0.25, -0.2) is 0 Å². The summed E-state index contributed by atoms with van der Waals surface area (Å²) >= 11 is 0. The Kier molecular flexibility index (Phi) is 3.81. The first-order valence-corrected chi connectivity index (χ1v) is 8.06. The highest BCUT2D eigenvalue weighted by atomic mass is 14.9. The lowest BCUT2D eigenvalue weighted by atomic mass is 9.79. The summed E-state index contributed by atoms with van der Waals surface area (Å²) < 4.78 is 0. The summed E-state index contributed by atoms with van der Waals surface area (Å²) in [5.74, 6) is 1.87. The molecule has 104 valence electrons. The monoisotopic (exact) mass is 257 g/mol. The number of fused-ring (bicyclic) bond motifs is 1. The van der Waals surface area contributed by atoms with E-state index >= 15 is 0 Å². The molecule has 1 aliphatic heterocycles. The van der Waals surface area contributed by atoms with Crippen LogP contribution in [0.15, 0.2) is 12.1 Å². The summed E-state index contributed by atoms with van der Waals surface area (Å²) in [6, 6.07) is 4.74. The molecule has 1 heteroatoms. The van der Waals surface area contributed by atoms with Crippen LogP contribution in [0.3, 0.4) is 0 Å². The van der Waals surface area contributed by atoms with Gasteiger partial charge in [-0.15, -0.1) is 0 Å². The standard InChI is InChI=1S/C18H27N/c1-13-8-17-11-16(10-15-6-4-3-5-7-15)12-19-18(17)9-14(13)2/h8-9,15-16,19H,3-7,10-12H2,1-2H3. The fraction of sp³-hybridized carbons (Fsp3) is 0.667. The highest BCUT2D eigenvalue weighted by Gasteiger charge is 2.23. The van der Waals surface area contributed by atoms with Crippen LogP contribution in [0.25, 0.3) is 0 Å². The molecule has 0 amide bonds. The molecule has 1 atom stereocenters. The third-order valence-electron chi connectivity index (χ3n) is 5.20. The average molecular weight is 257 g/mol. The van der Waals surface area contributed by atoms with Crippen LogP contribution in [0.2, 0.25) is 0 Å². The average Bonchev–Trinajstić information content (AvgIpc) is 2.42. The van der Waals surface area contributed by atoms with Crippen molar-refractivity contribution < 1.29 is 0 Å². The minimum absolute atomic E-state index is 0.859. The molecule has 1 saturated carbocycles. The second-order valence-electron chi connectivity index (χ2n) is 6.78. The van der Waals surface area contributed by atoms with Crippen LogP contribution >= 0.6 is 0 Å². The predicted molar refractivity (Wildman–Crippen MR) is 82.8 cm³/mol. The molecular formula is C18H27N. The van der Waals surface area contributed by atoms with Crippen molar-refractivity contribution in [3.8, 4) is 0 Å². The van der Waals surface area contributed by atoms with E-state index in [1.54, 1.807) is 5.56 Å². The Bertz CT molecular complexity index is 443. The minimum atomic E-state index is 0.859. The molecule has 0 bridgehead atoms. The zero-order chi connectivity index (χ0) is 13.2. The largest absolute Gasteiger partial charge is 0.385 e. The van der Waals surface area contributed by atoms with E-state index in [4.69, 9.17) is 0 Å². The zero-order valence-corrected chi connectivity index (χ0v) is 12.5. The Morgan fingerprint density at radius 1 is 1.00 bits per heavy atom. The van der Waals surface area contributed by atoms with E-state index in [0.29, 0.717) is 0 Å². The molecular weight excluding hydrogens is 230 g/mol. The topological polar surface area (TPSA) is 12.0 Å². The van der Waals surface area contributed by atoms with E-state index in [1.165, 1.54) is 68.3 Å². The predicted octanol–water partition coefficient (Wildman–Crippen LogP) is 4.86. The Hall–Kier alpha value is -0.980. The van der Waals surface area contributed by atoms with E-state index in [1.807, 2.05) is 0 Å². The Morgan fingerprint density at radius 2 is 1.74 bits per heavy atom. The highest BCUT2D eigenvalue weighted by molar-refractivity contribution is 5.57. The molecule has 0 saturated heterocycles. The fourth-order valence-corrected chi connectivity index (χ4v) is 3.91. The quantitative estimate of drug-likeness (QED) is 0.798. The number of rotatable bonds is 2. The van der Waals surface area contributed by atoms with Crippen LogP contribution in [0, 0.1) is 25.7 Å². The van der Waals surface area contributed by atoms with E-state index in [-0.39, 0.29) is 0 Å². The molecule has 1 N–H and O–H groups in total. The van der Waals surface area contributed by atoms with Crippen LogP contribution in [-0.4, -0.2) is 6.54 Å². The molecule has 19 heavy (non-hydrogen) atoms. The van der Waals surface area contributed by atoms with Crippen molar-refractivity contribution >= 4 is 5.69 Å². The van der Waals surface area contributed by atoms with Crippen LogP contribution in [0.4, 0.5) is 5.69 Å². The second-order valence-corrected chi connectivity index (χ2v) is 6.78. The summed E-state index contributed by atoms with van der Waals surface area (Å²) in [6.45, 7) is 5.64. The number of nitrogens with one attached hydrogen (secondary N) is 1. The molecule has 1 fully saturated rings. The van der Waals surface area contributed by atoms with Crippen molar-refractivity contribution in [3.05, 3.63) is 28.8 Å². The first kappa shape index (κ1) is 13.0. The SMILES string of the molecule is Cc1cc2c(cc1C)NCC(CC1CCCCC1)C2. The van der Waals surface area contributed by atoms with Gasteiger partial charge in [-0.1, -0.05) is 38.2 Å². The molecule has 2 aliphatic rings. The maximum atomic E-state index is 3.67.